The lowest BCUT2D eigenvalue weighted by Gasteiger charge is -2.10. The van der Waals surface area contributed by atoms with E-state index in [9.17, 15) is 14.0 Å². The van der Waals surface area contributed by atoms with E-state index in [4.69, 9.17) is 9.47 Å². The number of fused-ring (bicyclic) bond motifs is 1. The highest BCUT2D eigenvalue weighted by Crippen LogP contribution is 2.37. The Morgan fingerprint density at radius 1 is 1.21 bits per heavy atom. The quantitative estimate of drug-likeness (QED) is 0.663. The highest BCUT2D eigenvalue weighted by molar-refractivity contribution is 8.00. The van der Waals surface area contributed by atoms with Crippen molar-refractivity contribution in [2.45, 2.75) is 11.8 Å². The number of ether oxygens (including phenoxy) is 2. The van der Waals surface area contributed by atoms with Gasteiger partial charge < -0.3 is 14.8 Å². The Balaban J connectivity index is 1.72. The minimum atomic E-state index is -0.372. The molecule has 3 rings (SSSR count). The normalized spacial score (nSPS) is 12.1. The van der Waals surface area contributed by atoms with Gasteiger partial charge in [0.2, 0.25) is 12.7 Å². The highest BCUT2D eigenvalue weighted by Gasteiger charge is 2.20. The zero-order chi connectivity index (χ0) is 17.1. The molecule has 0 bridgehead atoms. The molecule has 1 heterocycles. The van der Waals surface area contributed by atoms with Crippen LogP contribution in [0.4, 0.5) is 10.1 Å². The molecule has 2 aromatic carbocycles. The Labute approximate surface area is 142 Å². The molecule has 1 N–H and O–H groups in total. The molecule has 24 heavy (non-hydrogen) atoms. The van der Waals surface area contributed by atoms with E-state index in [1.807, 2.05) is 0 Å². The smallest absolute Gasteiger partial charge is 0.234 e. The van der Waals surface area contributed by atoms with Crippen molar-refractivity contribution in [2.75, 3.05) is 17.9 Å². The van der Waals surface area contributed by atoms with Gasteiger partial charge in [-0.3, -0.25) is 9.59 Å². The van der Waals surface area contributed by atoms with Crippen molar-refractivity contribution in [3.8, 4) is 11.5 Å². The first-order chi connectivity index (χ1) is 11.5. The Hall–Kier alpha value is -2.54. The number of carbonyl (C=O) groups is 2. The van der Waals surface area contributed by atoms with E-state index in [1.165, 1.54) is 13.0 Å². The molecule has 0 spiro atoms. The molecule has 7 heteroatoms. The predicted molar refractivity (Wildman–Crippen MR) is 88.3 cm³/mol. The van der Waals surface area contributed by atoms with Crippen molar-refractivity contribution < 1.29 is 23.5 Å². The van der Waals surface area contributed by atoms with Gasteiger partial charge in [0, 0.05) is 16.5 Å². The van der Waals surface area contributed by atoms with Gasteiger partial charge in [0.05, 0.1) is 11.4 Å². The van der Waals surface area contributed by atoms with Crippen LogP contribution in [-0.4, -0.2) is 24.2 Å². The van der Waals surface area contributed by atoms with E-state index in [1.54, 1.807) is 30.3 Å². The van der Waals surface area contributed by atoms with Gasteiger partial charge in [-0.25, -0.2) is 4.39 Å². The lowest BCUT2D eigenvalue weighted by Crippen LogP contribution is -2.16. The van der Waals surface area contributed by atoms with E-state index in [2.05, 4.69) is 5.32 Å². The van der Waals surface area contributed by atoms with Crippen LogP contribution in [0.3, 0.4) is 0 Å². The Morgan fingerprint density at radius 2 is 1.92 bits per heavy atom. The number of ketones is 1. The Morgan fingerprint density at radius 3 is 2.62 bits per heavy atom. The second-order valence-corrected chi connectivity index (χ2v) is 6.09. The number of hydrogen-bond donors (Lipinski definition) is 1. The SMILES string of the molecule is CC(=O)c1cc2c(cc1NC(=O)CSc1ccccc1F)OCO2. The zero-order valence-corrected chi connectivity index (χ0v) is 13.6. The van der Waals surface area contributed by atoms with Crippen LogP contribution in [-0.2, 0) is 4.79 Å². The topological polar surface area (TPSA) is 64.6 Å². The minimum Gasteiger partial charge on any atom is -0.454 e. The van der Waals surface area contributed by atoms with Crippen LogP contribution < -0.4 is 14.8 Å². The molecule has 5 nitrogen and oxygen atoms in total. The highest BCUT2D eigenvalue weighted by atomic mass is 32.2. The maximum absolute atomic E-state index is 13.6. The minimum absolute atomic E-state index is 0.0206. The number of carbonyl (C=O) groups excluding carboxylic acids is 2. The molecule has 0 saturated heterocycles. The summed E-state index contributed by atoms with van der Waals surface area (Å²) in [5.74, 6) is 0.0426. The van der Waals surface area contributed by atoms with Gasteiger partial charge >= 0.3 is 0 Å². The number of thioether (sulfide) groups is 1. The summed E-state index contributed by atoms with van der Waals surface area (Å²) in [6, 6.07) is 9.34. The molecule has 1 aliphatic rings. The lowest BCUT2D eigenvalue weighted by molar-refractivity contribution is -0.113. The summed E-state index contributed by atoms with van der Waals surface area (Å²) in [6.45, 7) is 1.48. The molecule has 2 aromatic rings. The van der Waals surface area contributed by atoms with Crippen LogP contribution in [0.1, 0.15) is 17.3 Å². The molecular weight excluding hydrogens is 333 g/mol. The summed E-state index contributed by atoms with van der Waals surface area (Å²) in [5, 5.41) is 2.67. The third kappa shape index (κ3) is 3.51. The van der Waals surface area contributed by atoms with Gasteiger partial charge in [-0.2, -0.15) is 0 Å². The van der Waals surface area contributed by atoms with Crippen LogP contribution in [0, 0.1) is 5.82 Å². The van der Waals surface area contributed by atoms with Crippen molar-refractivity contribution in [3.63, 3.8) is 0 Å². The average Bonchev–Trinajstić information content (AvgIpc) is 3.00. The lowest BCUT2D eigenvalue weighted by atomic mass is 10.1. The largest absolute Gasteiger partial charge is 0.454 e. The first-order valence-electron chi connectivity index (χ1n) is 7.16. The monoisotopic (exact) mass is 347 g/mol. The number of rotatable bonds is 5. The zero-order valence-electron chi connectivity index (χ0n) is 12.8. The van der Waals surface area contributed by atoms with Gasteiger partial charge in [-0.15, -0.1) is 11.8 Å². The fourth-order valence-corrected chi connectivity index (χ4v) is 2.97. The molecule has 0 fully saturated rings. The van der Waals surface area contributed by atoms with Crippen LogP contribution in [0.2, 0.25) is 0 Å². The van der Waals surface area contributed by atoms with Gasteiger partial charge in [0.15, 0.2) is 17.3 Å². The van der Waals surface area contributed by atoms with Gasteiger partial charge in [0.1, 0.15) is 5.82 Å². The summed E-state index contributed by atoms with van der Waals surface area (Å²) < 4.78 is 24.1. The number of amides is 1. The standard InChI is InChI=1S/C17H14FNO4S/c1-10(20)11-6-14-15(23-9-22-14)7-13(11)19-17(21)8-24-16-5-3-2-4-12(16)18/h2-7H,8-9H2,1H3,(H,19,21). The van der Waals surface area contributed by atoms with Gasteiger partial charge in [-0.05, 0) is 25.1 Å². The summed E-state index contributed by atoms with van der Waals surface area (Å²) in [7, 11) is 0. The fourth-order valence-electron chi connectivity index (χ4n) is 2.23. The van der Waals surface area contributed by atoms with Gasteiger partial charge in [-0.1, -0.05) is 12.1 Å². The summed E-state index contributed by atoms with van der Waals surface area (Å²) in [6.07, 6.45) is 0. The van der Waals surface area contributed by atoms with E-state index >= 15 is 0 Å². The van der Waals surface area contributed by atoms with Crippen LogP contribution >= 0.6 is 11.8 Å². The molecule has 124 valence electrons. The summed E-state index contributed by atoms with van der Waals surface area (Å²) in [5.41, 5.74) is 0.689. The molecule has 0 radical (unpaired) electrons. The second-order valence-electron chi connectivity index (χ2n) is 5.07. The first kappa shape index (κ1) is 16.3. The van der Waals surface area contributed by atoms with Crippen molar-refractivity contribution >= 4 is 29.1 Å². The molecule has 0 atom stereocenters. The van der Waals surface area contributed by atoms with E-state index in [-0.39, 0.29) is 30.1 Å². The number of halogens is 1. The predicted octanol–water partition coefficient (Wildman–Crippen LogP) is 3.49. The number of Topliss-reactive ketones (excluding diaryl/α,β-unsaturated/α-hetero) is 1. The fraction of sp³-hybridized carbons (Fsp3) is 0.176. The third-order valence-corrected chi connectivity index (χ3v) is 4.41. The average molecular weight is 347 g/mol. The molecule has 0 aliphatic carbocycles. The Bertz CT molecular complexity index is 809. The number of hydrogen-bond acceptors (Lipinski definition) is 5. The molecule has 0 unspecified atom stereocenters. The summed E-state index contributed by atoms with van der Waals surface area (Å²) in [4.78, 5) is 24.3. The molecular formula is C17H14FNO4S. The third-order valence-electron chi connectivity index (χ3n) is 3.36. The van der Waals surface area contributed by atoms with Crippen LogP contribution in [0.15, 0.2) is 41.3 Å². The number of anilines is 1. The molecule has 0 aromatic heterocycles. The maximum Gasteiger partial charge on any atom is 0.234 e. The molecule has 0 saturated carbocycles. The first-order valence-corrected chi connectivity index (χ1v) is 8.15. The van der Waals surface area contributed by atoms with Crippen molar-refractivity contribution in [2.24, 2.45) is 0 Å². The van der Waals surface area contributed by atoms with Crippen LogP contribution in [0.5, 0.6) is 11.5 Å². The maximum atomic E-state index is 13.6. The van der Waals surface area contributed by atoms with E-state index in [0.717, 1.165) is 11.8 Å². The van der Waals surface area contributed by atoms with E-state index in [0.29, 0.717) is 27.6 Å². The molecule has 1 aliphatic heterocycles. The number of benzene rings is 2. The number of nitrogens with one attached hydrogen (secondary N) is 1. The van der Waals surface area contributed by atoms with E-state index < -0.39 is 0 Å². The second kappa shape index (κ2) is 6.92. The van der Waals surface area contributed by atoms with Crippen molar-refractivity contribution in [1.29, 1.82) is 0 Å². The van der Waals surface area contributed by atoms with Gasteiger partial charge in [0.25, 0.3) is 0 Å². The summed E-state index contributed by atoms with van der Waals surface area (Å²) >= 11 is 1.09. The molecule has 1 amide bonds. The Kier molecular flexibility index (Phi) is 4.71. The van der Waals surface area contributed by atoms with Crippen LogP contribution in [0.25, 0.3) is 0 Å². The van der Waals surface area contributed by atoms with Crippen molar-refractivity contribution in [1.82, 2.24) is 0 Å². The van der Waals surface area contributed by atoms with Crippen molar-refractivity contribution in [3.05, 3.63) is 47.8 Å².